The minimum absolute atomic E-state index is 0.0743. The van der Waals surface area contributed by atoms with E-state index in [1.54, 1.807) is 0 Å². The van der Waals surface area contributed by atoms with E-state index in [1.165, 1.54) is 18.2 Å². The zero-order valence-corrected chi connectivity index (χ0v) is 12.1. The molecule has 0 radical (unpaired) electrons. The molecule has 0 aliphatic rings. The Morgan fingerprint density at radius 2 is 1.45 bits per heavy atom. The predicted molar refractivity (Wildman–Crippen MR) is 78.1 cm³/mol. The third kappa shape index (κ3) is 4.34. The molecule has 0 aliphatic carbocycles. The van der Waals surface area contributed by atoms with Crippen LogP contribution in [0.5, 0.6) is 5.75 Å². The number of hydrogen-bond donors (Lipinski definition) is 0. The van der Waals surface area contributed by atoms with E-state index in [2.05, 4.69) is 0 Å². The van der Waals surface area contributed by atoms with E-state index in [9.17, 15) is 8.78 Å². The fourth-order valence-electron chi connectivity index (χ4n) is 1.71. The lowest BCUT2D eigenvalue weighted by atomic mass is 10.0. The summed E-state index contributed by atoms with van der Waals surface area (Å²) in [4.78, 5) is 0. The van der Waals surface area contributed by atoms with Gasteiger partial charge in [0.2, 0.25) is 0 Å². The SMILES string of the molecule is CC.CC(COc1c(F)cccc1F)c1ccccc1. The van der Waals surface area contributed by atoms with Crippen LogP contribution in [0.15, 0.2) is 48.5 Å². The lowest BCUT2D eigenvalue weighted by Crippen LogP contribution is -2.08. The number of benzene rings is 2. The van der Waals surface area contributed by atoms with Crippen LogP contribution in [0, 0.1) is 11.6 Å². The highest BCUT2D eigenvalue weighted by Gasteiger charge is 2.12. The molecule has 0 saturated carbocycles. The molecule has 0 bridgehead atoms. The molecule has 0 aliphatic heterocycles. The van der Waals surface area contributed by atoms with Gasteiger partial charge in [-0.1, -0.05) is 57.2 Å². The summed E-state index contributed by atoms with van der Waals surface area (Å²) in [5.41, 5.74) is 1.08. The van der Waals surface area contributed by atoms with E-state index in [4.69, 9.17) is 4.74 Å². The van der Waals surface area contributed by atoms with Crippen molar-refractivity contribution >= 4 is 0 Å². The van der Waals surface area contributed by atoms with Gasteiger partial charge in [0, 0.05) is 5.92 Å². The van der Waals surface area contributed by atoms with Crippen LogP contribution in [0.25, 0.3) is 0 Å². The highest BCUT2D eigenvalue weighted by atomic mass is 19.1. The summed E-state index contributed by atoms with van der Waals surface area (Å²) in [6.45, 7) is 6.19. The Labute approximate surface area is 119 Å². The number of hydrogen-bond acceptors (Lipinski definition) is 1. The van der Waals surface area contributed by atoms with E-state index >= 15 is 0 Å². The maximum Gasteiger partial charge on any atom is 0.190 e. The van der Waals surface area contributed by atoms with Gasteiger partial charge in [0.1, 0.15) is 0 Å². The fraction of sp³-hybridized carbons (Fsp3) is 0.294. The average molecular weight is 278 g/mol. The van der Waals surface area contributed by atoms with Crippen LogP contribution in [0.3, 0.4) is 0 Å². The standard InChI is InChI=1S/C15H14F2O.C2H6/c1-11(12-6-3-2-4-7-12)10-18-15-13(16)8-5-9-14(15)17;1-2/h2-9,11H,10H2,1H3;1-2H3. The molecule has 0 aromatic heterocycles. The minimum Gasteiger partial charge on any atom is -0.487 e. The van der Waals surface area contributed by atoms with Crippen LogP contribution < -0.4 is 4.74 Å². The summed E-state index contributed by atoms with van der Waals surface area (Å²) < 4.78 is 31.9. The Morgan fingerprint density at radius 1 is 0.900 bits per heavy atom. The largest absolute Gasteiger partial charge is 0.487 e. The van der Waals surface area contributed by atoms with E-state index in [1.807, 2.05) is 51.1 Å². The first-order valence-corrected chi connectivity index (χ1v) is 6.80. The quantitative estimate of drug-likeness (QED) is 0.749. The van der Waals surface area contributed by atoms with E-state index in [0.29, 0.717) is 0 Å². The van der Waals surface area contributed by atoms with Crippen molar-refractivity contribution in [3.8, 4) is 5.75 Å². The van der Waals surface area contributed by atoms with Crippen molar-refractivity contribution in [3.63, 3.8) is 0 Å². The van der Waals surface area contributed by atoms with Gasteiger partial charge in [-0.2, -0.15) is 0 Å². The van der Waals surface area contributed by atoms with E-state index in [-0.39, 0.29) is 18.3 Å². The van der Waals surface area contributed by atoms with Crippen LogP contribution in [0.2, 0.25) is 0 Å². The summed E-state index contributed by atoms with van der Waals surface area (Å²) >= 11 is 0. The maximum atomic E-state index is 13.3. The lowest BCUT2D eigenvalue weighted by molar-refractivity contribution is 0.267. The van der Waals surface area contributed by atoms with E-state index < -0.39 is 11.6 Å². The van der Waals surface area contributed by atoms with Gasteiger partial charge >= 0.3 is 0 Å². The molecule has 2 rings (SSSR count). The van der Waals surface area contributed by atoms with Crippen LogP contribution in [0.4, 0.5) is 8.78 Å². The molecular formula is C17H20F2O. The van der Waals surface area contributed by atoms with Crippen molar-refractivity contribution in [1.82, 2.24) is 0 Å². The van der Waals surface area contributed by atoms with Crippen LogP contribution in [0.1, 0.15) is 32.3 Å². The summed E-state index contributed by atoms with van der Waals surface area (Å²) in [6, 6.07) is 13.4. The van der Waals surface area contributed by atoms with Crippen molar-refractivity contribution in [1.29, 1.82) is 0 Å². The summed E-state index contributed by atoms with van der Waals surface area (Å²) in [5.74, 6) is -1.57. The molecule has 1 atom stereocenters. The van der Waals surface area contributed by atoms with Crippen LogP contribution in [-0.2, 0) is 0 Å². The Hall–Kier alpha value is -1.90. The smallest absolute Gasteiger partial charge is 0.190 e. The molecule has 0 saturated heterocycles. The molecular weight excluding hydrogens is 258 g/mol. The maximum absolute atomic E-state index is 13.3. The van der Waals surface area contributed by atoms with Gasteiger partial charge in [-0.05, 0) is 17.7 Å². The second-order valence-electron chi connectivity index (χ2n) is 4.17. The topological polar surface area (TPSA) is 9.23 Å². The minimum atomic E-state index is -0.671. The van der Waals surface area contributed by atoms with Crippen LogP contribution in [-0.4, -0.2) is 6.61 Å². The van der Waals surface area contributed by atoms with Crippen molar-refractivity contribution in [2.45, 2.75) is 26.7 Å². The fourth-order valence-corrected chi connectivity index (χ4v) is 1.71. The van der Waals surface area contributed by atoms with Gasteiger partial charge in [-0.25, -0.2) is 8.78 Å². The van der Waals surface area contributed by atoms with Gasteiger partial charge in [0.15, 0.2) is 17.4 Å². The van der Waals surface area contributed by atoms with Crippen molar-refractivity contribution in [3.05, 3.63) is 65.7 Å². The molecule has 2 aromatic carbocycles. The first-order chi connectivity index (χ1) is 9.68. The molecule has 1 unspecified atom stereocenters. The molecule has 0 fully saturated rings. The summed E-state index contributed by atoms with van der Waals surface area (Å²) in [5, 5.41) is 0. The lowest BCUT2D eigenvalue weighted by Gasteiger charge is -2.14. The Bertz CT molecular complexity index is 491. The third-order valence-electron chi connectivity index (χ3n) is 2.77. The number of para-hydroxylation sites is 1. The zero-order chi connectivity index (χ0) is 15.0. The number of rotatable bonds is 4. The monoisotopic (exact) mass is 278 g/mol. The molecule has 108 valence electrons. The zero-order valence-electron chi connectivity index (χ0n) is 12.1. The molecule has 1 nitrogen and oxygen atoms in total. The normalized spacial score (nSPS) is 11.2. The first kappa shape index (κ1) is 16.2. The summed E-state index contributed by atoms with van der Waals surface area (Å²) in [6.07, 6.45) is 0. The molecule has 3 heteroatoms. The Morgan fingerprint density at radius 3 is 2.00 bits per heavy atom. The summed E-state index contributed by atoms with van der Waals surface area (Å²) in [7, 11) is 0. The van der Waals surface area contributed by atoms with E-state index in [0.717, 1.165) is 5.56 Å². The van der Waals surface area contributed by atoms with Crippen molar-refractivity contribution in [2.75, 3.05) is 6.61 Å². The van der Waals surface area contributed by atoms with Gasteiger partial charge < -0.3 is 4.74 Å². The van der Waals surface area contributed by atoms with Gasteiger partial charge in [0.25, 0.3) is 0 Å². The van der Waals surface area contributed by atoms with Gasteiger partial charge in [-0.3, -0.25) is 0 Å². The van der Waals surface area contributed by atoms with Gasteiger partial charge in [-0.15, -0.1) is 0 Å². The van der Waals surface area contributed by atoms with Crippen LogP contribution >= 0.6 is 0 Å². The molecule has 0 amide bonds. The first-order valence-electron chi connectivity index (χ1n) is 6.80. The molecule has 2 aromatic rings. The predicted octanol–water partition coefficient (Wildman–Crippen LogP) is 5.17. The molecule has 20 heavy (non-hydrogen) atoms. The average Bonchev–Trinajstić information content (AvgIpc) is 2.49. The number of halogens is 2. The Kier molecular flexibility index (Phi) is 6.71. The number of ether oxygens (including phenoxy) is 1. The van der Waals surface area contributed by atoms with Crippen molar-refractivity contribution in [2.24, 2.45) is 0 Å². The van der Waals surface area contributed by atoms with Gasteiger partial charge in [0.05, 0.1) is 6.61 Å². The molecule has 0 heterocycles. The Balaban J connectivity index is 0.000000956. The highest BCUT2D eigenvalue weighted by molar-refractivity contribution is 5.26. The molecule has 0 spiro atoms. The van der Waals surface area contributed by atoms with Crippen molar-refractivity contribution < 1.29 is 13.5 Å². The molecule has 0 N–H and O–H groups in total. The third-order valence-corrected chi connectivity index (χ3v) is 2.77. The highest BCUT2D eigenvalue weighted by Crippen LogP contribution is 2.23. The second-order valence-corrected chi connectivity index (χ2v) is 4.17. The second kappa shape index (κ2) is 8.31.